The molecule has 1 rings (SSSR count). The summed E-state index contributed by atoms with van der Waals surface area (Å²) in [6, 6.07) is 3.95. The molecule has 0 aromatic carbocycles. The van der Waals surface area contributed by atoms with Crippen molar-refractivity contribution in [3.63, 3.8) is 0 Å². The highest BCUT2D eigenvalue weighted by Gasteiger charge is 1.98. The molecule has 16 heavy (non-hydrogen) atoms. The molecule has 1 aromatic heterocycles. The van der Waals surface area contributed by atoms with Crippen LogP contribution in [0.3, 0.4) is 0 Å². The van der Waals surface area contributed by atoms with Crippen molar-refractivity contribution in [3.05, 3.63) is 21.7 Å². The van der Waals surface area contributed by atoms with E-state index < -0.39 is 0 Å². The first kappa shape index (κ1) is 14.0. The summed E-state index contributed by atoms with van der Waals surface area (Å²) < 4.78 is 11.8. The van der Waals surface area contributed by atoms with Crippen LogP contribution in [0.5, 0.6) is 0 Å². The number of nitrogens with one attached hydrogen (secondary N) is 1. The average Bonchev–Trinajstić information content (AvgIpc) is 2.62. The average molecular weight is 338 g/mol. The number of halogens is 1. The van der Waals surface area contributed by atoms with Crippen LogP contribution < -0.4 is 5.32 Å². The van der Waals surface area contributed by atoms with Gasteiger partial charge in [-0.25, -0.2) is 0 Å². The SMILES string of the molecule is CN(C)CCOCCNCc1ccc(I)o1. The molecule has 0 aliphatic rings. The molecule has 0 saturated heterocycles. The molecule has 0 saturated carbocycles. The highest BCUT2D eigenvalue weighted by atomic mass is 127. The third-order valence-corrected chi connectivity index (χ3v) is 2.61. The first-order valence-electron chi connectivity index (χ1n) is 5.36. The molecule has 4 nitrogen and oxygen atoms in total. The van der Waals surface area contributed by atoms with Crippen LogP contribution in [0, 0.1) is 3.77 Å². The Bertz CT molecular complexity index is 289. The van der Waals surface area contributed by atoms with Gasteiger partial charge in [0.2, 0.25) is 0 Å². The van der Waals surface area contributed by atoms with Crippen molar-refractivity contribution < 1.29 is 9.15 Å². The van der Waals surface area contributed by atoms with Gasteiger partial charge in [0.15, 0.2) is 3.77 Å². The summed E-state index contributed by atoms with van der Waals surface area (Å²) in [5.74, 6) is 0.970. The van der Waals surface area contributed by atoms with Crippen LogP contribution in [0.15, 0.2) is 16.5 Å². The maximum absolute atomic E-state index is 5.45. The van der Waals surface area contributed by atoms with Gasteiger partial charge in [-0.15, -0.1) is 0 Å². The third kappa shape index (κ3) is 6.47. The van der Waals surface area contributed by atoms with Gasteiger partial charge in [0, 0.05) is 13.1 Å². The van der Waals surface area contributed by atoms with Gasteiger partial charge in [0.1, 0.15) is 5.76 Å². The van der Waals surface area contributed by atoms with Crippen molar-refractivity contribution in [2.45, 2.75) is 6.54 Å². The second kappa shape index (κ2) is 8.05. The molecular formula is C11H19IN2O2. The molecule has 0 unspecified atom stereocenters. The van der Waals surface area contributed by atoms with Crippen molar-refractivity contribution in [2.75, 3.05) is 40.4 Å². The normalized spacial score (nSPS) is 11.2. The van der Waals surface area contributed by atoms with E-state index in [9.17, 15) is 0 Å². The smallest absolute Gasteiger partial charge is 0.164 e. The van der Waals surface area contributed by atoms with Crippen molar-refractivity contribution >= 4 is 22.6 Å². The molecular weight excluding hydrogens is 319 g/mol. The fraction of sp³-hybridized carbons (Fsp3) is 0.636. The fourth-order valence-corrected chi connectivity index (χ4v) is 1.61. The molecule has 1 aromatic rings. The van der Waals surface area contributed by atoms with E-state index in [1.54, 1.807) is 0 Å². The molecule has 0 atom stereocenters. The number of rotatable bonds is 8. The Labute approximate surface area is 110 Å². The number of furan rings is 1. The van der Waals surface area contributed by atoms with E-state index in [1.807, 2.05) is 26.2 Å². The van der Waals surface area contributed by atoms with E-state index in [0.29, 0.717) is 0 Å². The molecule has 0 aliphatic carbocycles. The molecule has 0 fully saturated rings. The van der Waals surface area contributed by atoms with Crippen molar-refractivity contribution in [1.29, 1.82) is 0 Å². The minimum atomic E-state index is 0.742. The Balaban J connectivity index is 1.92. The van der Waals surface area contributed by atoms with Crippen molar-refractivity contribution in [3.8, 4) is 0 Å². The minimum Gasteiger partial charge on any atom is -0.454 e. The fourth-order valence-electron chi connectivity index (χ4n) is 1.15. The maximum atomic E-state index is 5.45. The van der Waals surface area contributed by atoms with Gasteiger partial charge in [0.05, 0.1) is 19.8 Å². The quantitative estimate of drug-likeness (QED) is 0.577. The molecule has 92 valence electrons. The zero-order chi connectivity index (χ0) is 11.8. The largest absolute Gasteiger partial charge is 0.454 e. The highest BCUT2D eigenvalue weighted by molar-refractivity contribution is 14.1. The van der Waals surface area contributed by atoms with Gasteiger partial charge >= 0.3 is 0 Å². The van der Waals surface area contributed by atoms with Crippen LogP contribution in [-0.2, 0) is 11.3 Å². The van der Waals surface area contributed by atoms with Crippen molar-refractivity contribution in [2.24, 2.45) is 0 Å². The standard InChI is InChI=1S/C11H19IN2O2/c1-14(2)6-8-15-7-5-13-9-10-3-4-11(12)16-10/h3-4,13H,5-9H2,1-2H3. The van der Waals surface area contributed by atoms with Gasteiger partial charge in [-0.1, -0.05) is 0 Å². The summed E-state index contributed by atoms with van der Waals surface area (Å²) >= 11 is 2.16. The van der Waals surface area contributed by atoms with E-state index in [-0.39, 0.29) is 0 Å². The van der Waals surface area contributed by atoms with Gasteiger partial charge < -0.3 is 19.4 Å². The lowest BCUT2D eigenvalue weighted by atomic mass is 10.4. The second-order valence-electron chi connectivity index (χ2n) is 3.80. The molecule has 0 amide bonds. The lowest BCUT2D eigenvalue weighted by Crippen LogP contribution is -2.22. The topological polar surface area (TPSA) is 37.6 Å². The lowest BCUT2D eigenvalue weighted by Gasteiger charge is -2.09. The van der Waals surface area contributed by atoms with Crippen LogP contribution in [0.4, 0.5) is 0 Å². The van der Waals surface area contributed by atoms with Crippen LogP contribution in [0.25, 0.3) is 0 Å². The number of nitrogens with zero attached hydrogens (tertiary/aromatic N) is 1. The maximum Gasteiger partial charge on any atom is 0.164 e. The summed E-state index contributed by atoms with van der Waals surface area (Å²) in [6.45, 7) is 4.11. The summed E-state index contributed by atoms with van der Waals surface area (Å²) in [4.78, 5) is 2.11. The number of likely N-dealkylation sites (N-methyl/N-ethyl adjacent to an activating group) is 1. The van der Waals surface area contributed by atoms with E-state index in [4.69, 9.17) is 9.15 Å². The Morgan fingerprint density at radius 3 is 2.81 bits per heavy atom. The second-order valence-corrected chi connectivity index (χ2v) is 4.86. The lowest BCUT2D eigenvalue weighted by molar-refractivity contribution is 0.119. The Morgan fingerprint density at radius 2 is 2.19 bits per heavy atom. The number of ether oxygens (including phenoxy) is 1. The molecule has 1 N–H and O–H groups in total. The molecule has 0 spiro atoms. The first-order chi connectivity index (χ1) is 7.68. The molecule has 0 aliphatic heterocycles. The number of hydrogen-bond donors (Lipinski definition) is 1. The molecule has 0 bridgehead atoms. The zero-order valence-electron chi connectivity index (χ0n) is 9.83. The predicted octanol–water partition coefficient (Wildman–Crippen LogP) is 1.55. The van der Waals surface area contributed by atoms with Gasteiger partial charge in [-0.2, -0.15) is 0 Å². The summed E-state index contributed by atoms with van der Waals surface area (Å²) in [7, 11) is 4.08. The zero-order valence-corrected chi connectivity index (χ0v) is 12.0. The number of hydrogen-bond acceptors (Lipinski definition) is 4. The van der Waals surface area contributed by atoms with E-state index in [1.165, 1.54) is 0 Å². The molecule has 0 radical (unpaired) electrons. The summed E-state index contributed by atoms with van der Waals surface area (Å²) in [5.41, 5.74) is 0. The van der Waals surface area contributed by atoms with E-state index in [2.05, 4.69) is 32.8 Å². The molecule has 5 heteroatoms. The first-order valence-corrected chi connectivity index (χ1v) is 6.44. The van der Waals surface area contributed by atoms with Crippen LogP contribution in [0.1, 0.15) is 5.76 Å². The van der Waals surface area contributed by atoms with Crippen molar-refractivity contribution in [1.82, 2.24) is 10.2 Å². The van der Waals surface area contributed by atoms with Crippen LogP contribution in [0.2, 0.25) is 0 Å². The minimum absolute atomic E-state index is 0.742. The highest BCUT2D eigenvalue weighted by Crippen LogP contribution is 2.09. The molecule has 1 heterocycles. The predicted molar refractivity (Wildman–Crippen MR) is 72.5 cm³/mol. The third-order valence-electron chi connectivity index (χ3n) is 2.03. The van der Waals surface area contributed by atoms with Crippen LogP contribution in [-0.4, -0.2) is 45.3 Å². The summed E-state index contributed by atoms with van der Waals surface area (Å²) in [6.07, 6.45) is 0. The van der Waals surface area contributed by atoms with Gasteiger partial charge in [-0.05, 0) is 48.8 Å². The van der Waals surface area contributed by atoms with Crippen LogP contribution >= 0.6 is 22.6 Å². The van der Waals surface area contributed by atoms with Gasteiger partial charge in [-0.3, -0.25) is 0 Å². The Kier molecular flexibility index (Phi) is 7.02. The van der Waals surface area contributed by atoms with E-state index in [0.717, 1.165) is 42.4 Å². The monoisotopic (exact) mass is 338 g/mol. The van der Waals surface area contributed by atoms with Gasteiger partial charge in [0.25, 0.3) is 0 Å². The van der Waals surface area contributed by atoms with E-state index >= 15 is 0 Å². The Hall–Kier alpha value is -0.110. The summed E-state index contributed by atoms with van der Waals surface area (Å²) in [5, 5.41) is 3.27. The Morgan fingerprint density at radius 1 is 1.38 bits per heavy atom.